The van der Waals surface area contributed by atoms with Crippen LogP contribution in [-0.4, -0.2) is 25.0 Å². The van der Waals surface area contributed by atoms with E-state index in [0.717, 1.165) is 38.4 Å². The monoisotopic (exact) mass is 377 g/mol. The second kappa shape index (κ2) is 6.59. The van der Waals surface area contributed by atoms with Crippen LogP contribution in [0.25, 0.3) is 15.9 Å². The lowest BCUT2D eigenvalue weighted by Crippen LogP contribution is -2.13. The fraction of sp³-hybridized carbons (Fsp3) is 0.200. The predicted octanol–water partition coefficient (Wildman–Crippen LogP) is 4.36. The summed E-state index contributed by atoms with van der Waals surface area (Å²) in [5.74, 6) is -0.210. The summed E-state index contributed by atoms with van der Waals surface area (Å²) in [6.07, 6.45) is 3.26. The van der Waals surface area contributed by atoms with Crippen LogP contribution >= 0.6 is 11.5 Å². The lowest BCUT2D eigenvalue weighted by atomic mass is 10.1. The van der Waals surface area contributed by atoms with Crippen molar-refractivity contribution in [1.29, 1.82) is 0 Å². The smallest absolute Gasteiger partial charge is 0.257 e. The molecular formula is C20H19N5OS. The fourth-order valence-electron chi connectivity index (χ4n) is 2.99. The number of carbonyl (C=O) groups excluding carboxylic acids is 1. The summed E-state index contributed by atoms with van der Waals surface area (Å²) in [5, 5.41) is 8.33. The van der Waals surface area contributed by atoms with Crippen LogP contribution in [0.15, 0.2) is 36.7 Å². The molecule has 0 saturated carbocycles. The van der Waals surface area contributed by atoms with Gasteiger partial charge in [-0.15, -0.1) is 0 Å². The fourth-order valence-corrected chi connectivity index (χ4v) is 3.71. The molecule has 3 aromatic heterocycles. The molecule has 0 atom stereocenters. The molecule has 0 radical (unpaired) electrons. The zero-order chi connectivity index (χ0) is 19.1. The number of rotatable bonds is 3. The highest BCUT2D eigenvalue weighted by Crippen LogP contribution is 2.24. The third kappa shape index (κ3) is 3.10. The van der Waals surface area contributed by atoms with Gasteiger partial charge in [0, 0.05) is 11.6 Å². The van der Waals surface area contributed by atoms with Gasteiger partial charge in [-0.1, -0.05) is 12.1 Å². The maximum Gasteiger partial charge on any atom is 0.257 e. The molecule has 1 N–H and O–H groups in total. The molecule has 0 spiro atoms. The van der Waals surface area contributed by atoms with Crippen molar-refractivity contribution >= 4 is 33.3 Å². The largest absolute Gasteiger partial charge is 0.319 e. The summed E-state index contributed by atoms with van der Waals surface area (Å²) in [5.41, 5.74) is 6.24. The minimum Gasteiger partial charge on any atom is -0.319 e. The normalized spacial score (nSPS) is 11.1. The van der Waals surface area contributed by atoms with Gasteiger partial charge in [-0.3, -0.25) is 4.79 Å². The highest BCUT2D eigenvalue weighted by Gasteiger charge is 2.15. The molecule has 0 bridgehead atoms. The van der Waals surface area contributed by atoms with Crippen molar-refractivity contribution in [2.24, 2.45) is 0 Å². The molecule has 0 saturated heterocycles. The molecule has 7 heteroatoms. The second-order valence-corrected chi connectivity index (χ2v) is 7.40. The Labute approximate surface area is 161 Å². The molecule has 0 aliphatic rings. The van der Waals surface area contributed by atoms with Gasteiger partial charge in [-0.25, -0.2) is 9.67 Å². The van der Waals surface area contributed by atoms with Crippen LogP contribution < -0.4 is 5.32 Å². The molecule has 1 amide bonds. The Bertz CT molecular complexity index is 1170. The minimum atomic E-state index is -0.210. The van der Waals surface area contributed by atoms with Crippen LogP contribution in [-0.2, 0) is 0 Å². The predicted molar refractivity (Wildman–Crippen MR) is 108 cm³/mol. The molecule has 4 rings (SSSR count). The van der Waals surface area contributed by atoms with E-state index in [4.69, 9.17) is 0 Å². The molecule has 6 nitrogen and oxygen atoms in total. The van der Waals surface area contributed by atoms with Crippen molar-refractivity contribution in [3.8, 4) is 5.69 Å². The van der Waals surface area contributed by atoms with Crippen LogP contribution in [0.5, 0.6) is 0 Å². The lowest BCUT2D eigenvalue weighted by Gasteiger charge is -2.10. The number of amides is 1. The molecule has 27 heavy (non-hydrogen) atoms. The number of aromatic nitrogens is 4. The number of hydrogen-bond acceptors (Lipinski definition) is 5. The number of carbonyl (C=O) groups is 1. The molecule has 0 aliphatic carbocycles. The van der Waals surface area contributed by atoms with Gasteiger partial charge in [-0.05, 0) is 62.5 Å². The van der Waals surface area contributed by atoms with E-state index in [1.165, 1.54) is 11.5 Å². The standard InChI is InChI=1S/C20H19N5OS/c1-11-5-6-12(2)18(7-11)25-14(4)17(10-22-25)23-19(26)15-8-16-13(3)24-27-20(16)21-9-15/h5-10H,1-4H3,(H,23,26). The summed E-state index contributed by atoms with van der Waals surface area (Å²) in [6.45, 7) is 7.96. The summed E-state index contributed by atoms with van der Waals surface area (Å²) in [4.78, 5) is 17.9. The van der Waals surface area contributed by atoms with E-state index in [0.29, 0.717) is 11.3 Å². The molecule has 1 aromatic carbocycles. The zero-order valence-electron chi connectivity index (χ0n) is 15.6. The van der Waals surface area contributed by atoms with Gasteiger partial charge in [0.15, 0.2) is 0 Å². The molecular weight excluding hydrogens is 358 g/mol. The van der Waals surface area contributed by atoms with Crippen molar-refractivity contribution in [3.05, 3.63) is 64.7 Å². The van der Waals surface area contributed by atoms with Crippen LogP contribution in [0.3, 0.4) is 0 Å². The van der Waals surface area contributed by atoms with E-state index in [-0.39, 0.29) is 5.91 Å². The van der Waals surface area contributed by atoms with Gasteiger partial charge in [0.25, 0.3) is 5.91 Å². The summed E-state index contributed by atoms with van der Waals surface area (Å²) in [6, 6.07) is 8.07. The van der Waals surface area contributed by atoms with Crippen LogP contribution in [0, 0.1) is 27.7 Å². The topological polar surface area (TPSA) is 72.7 Å². The Kier molecular flexibility index (Phi) is 4.24. The van der Waals surface area contributed by atoms with Gasteiger partial charge in [0.2, 0.25) is 0 Å². The molecule has 136 valence electrons. The maximum atomic E-state index is 12.7. The van der Waals surface area contributed by atoms with Crippen LogP contribution in [0.4, 0.5) is 5.69 Å². The third-order valence-electron chi connectivity index (χ3n) is 4.62. The van der Waals surface area contributed by atoms with E-state index in [2.05, 4.69) is 44.9 Å². The number of anilines is 1. The van der Waals surface area contributed by atoms with Gasteiger partial charge in [-0.2, -0.15) is 9.47 Å². The van der Waals surface area contributed by atoms with E-state index in [1.54, 1.807) is 12.4 Å². The summed E-state index contributed by atoms with van der Waals surface area (Å²) < 4.78 is 6.13. The third-order valence-corrected chi connectivity index (χ3v) is 5.49. The average Bonchev–Trinajstić information content (AvgIpc) is 3.20. The van der Waals surface area contributed by atoms with Gasteiger partial charge in [0.05, 0.1) is 34.5 Å². The number of benzene rings is 1. The zero-order valence-corrected chi connectivity index (χ0v) is 16.4. The number of fused-ring (bicyclic) bond motifs is 1. The highest BCUT2D eigenvalue weighted by atomic mass is 32.1. The van der Waals surface area contributed by atoms with Crippen molar-refractivity contribution in [1.82, 2.24) is 19.1 Å². The number of aryl methyl sites for hydroxylation is 3. The lowest BCUT2D eigenvalue weighted by molar-refractivity contribution is 0.102. The Hall–Kier alpha value is -3.06. The average molecular weight is 377 g/mol. The van der Waals surface area contributed by atoms with E-state index in [1.807, 2.05) is 31.5 Å². The number of pyridine rings is 1. The van der Waals surface area contributed by atoms with E-state index >= 15 is 0 Å². The Balaban J connectivity index is 1.64. The first-order valence-corrected chi connectivity index (χ1v) is 9.37. The maximum absolute atomic E-state index is 12.7. The number of hydrogen-bond donors (Lipinski definition) is 1. The quantitative estimate of drug-likeness (QED) is 0.576. The minimum absolute atomic E-state index is 0.210. The molecule has 3 heterocycles. The summed E-state index contributed by atoms with van der Waals surface area (Å²) >= 11 is 1.34. The number of nitrogens with one attached hydrogen (secondary N) is 1. The van der Waals surface area contributed by atoms with Crippen LogP contribution in [0.2, 0.25) is 0 Å². The van der Waals surface area contributed by atoms with Crippen molar-refractivity contribution in [3.63, 3.8) is 0 Å². The Morgan fingerprint density at radius 1 is 1.11 bits per heavy atom. The van der Waals surface area contributed by atoms with Crippen molar-refractivity contribution in [2.45, 2.75) is 27.7 Å². The Morgan fingerprint density at radius 2 is 1.93 bits per heavy atom. The first-order chi connectivity index (χ1) is 12.9. The molecule has 0 unspecified atom stereocenters. The van der Waals surface area contributed by atoms with Crippen LogP contribution in [0.1, 0.15) is 32.9 Å². The molecule has 0 aliphatic heterocycles. The van der Waals surface area contributed by atoms with E-state index < -0.39 is 0 Å². The van der Waals surface area contributed by atoms with Gasteiger partial charge in [0.1, 0.15) is 4.83 Å². The SMILES string of the molecule is Cc1ccc(C)c(-n2ncc(NC(=O)c3cnc4snc(C)c4c3)c2C)c1. The highest BCUT2D eigenvalue weighted by molar-refractivity contribution is 7.12. The van der Waals surface area contributed by atoms with Gasteiger partial charge >= 0.3 is 0 Å². The summed E-state index contributed by atoms with van der Waals surface area (Å²) in [7, 11) is 0. The second-order valence-electron chi connectivity index (χ2n) is 6.64. The first kappa shape index (κ1) is 17.4. The molecule has 0 fully saturated rings. The Morgan fingerprint density at radius 3 is 2.74 bits per heavy atom. The van der Waals surface area contributed by atoms with Gasteiger partial charge < -0.3 is 5.32 Å². The first-order valence-electron chi connectivity index (χ1n) is 8.59. The van der Waals surface area contributed by atoms with Crippen molar-refractivity contribution in [2.75, 3.05) is 5.32 Å². The molecule has 4 aromatic rings. The van der Waals surface area contributed by atoms with E-state index in [9.17, 15) is 4.79 Å². The number of nitrogens with zero attached hydrogens (tertiary/aromatic N) is 4. The van der Waals surface area contributed by atoms with Crippen molar-refractivity contribution < 1.29 is 4.79 Å².